The lowest BCUT2D eigenvalue weighted by Gasteiger charge is -2.34. The van der Waals surface area contributed by atoms with Gasteiger partial charge in [0.15, 0.2) is 0 Å². The fourth-order valence-electron chi connectivity index (χ4n) is 3.15. The minimum absolute atomic E-state index is 0.174. The van der Waals surface area contributed by atoms with Crippen molar-refractivity contribution in [1.82, 2.24) is 20.2 Å². The molecule has 3 rings (SSSR count). The van der Waals surface area contributed by atoms with Gasteiger partial charge in [-0.05, 0) is 37.7 Å². The fraction of sp³-hybridized carbons (Fsp3) is 0.476. The van der Waals surface area contributed by atoms with Crippen molar-refractivity contribution < 1.29 is 4.79 Å². The Morgan fingerprint density at radius 1 is 1.04 bits per heavy atom. The average Bonchev–Trinajstić information content (AvgIpc) is 2.73. The molecule has 0 aliphatic carbocycles. The van der Waals surface area contributed by atoms with Gasteiger partial charge in [0, 0.05) is 44.1 Å². The number of nitrogens with one attached hydrogen (secondary N) is 2. The molecule has 1 aliphatic heterocycles. The summed E-state index contributed by atoms with van der Waals surface area (Å²) in [5.74, 6) is 0.446. The Hall–Kier alpha value is -2.67. The minimum Gasteiger partial charge on any atom is -0.369 e. The third kappa shape index (κ3) is 5.66. The van der Waals surface area contributed by atoms with Crippen LogP contribution in [0, 0.1) is 0 Å². The van der Waals surface area contributed by atoms with E-state index < -0.39 is 0 Å². The molecular formula is C21H30N6O. The third-order valence-electron chi connectivity index (χ3n) is 4.96. The summed E-state index contributed by atoms with van der Waals surface area (Å²) in [4.78, 5) is 25.3. The molecule has 7 nitrogen and oxygen atoms in total. The smallest absolute Gasteiger partial charge is 0.271 e. The molecule has 7 heteroatoms. The van der Waals surface area contributed by atoms with Gasteiger partial charge >= 0.3 is 0 Å². The van der Waals surface area contributed by atoms with Crippen molar-refractivity contribution in [2.24, 2.45) is 0 Å². The van der Waals surface area contributed by atoms with Crippen LogP contribution in [0.25, 0.3) is 0 Å². The SMILES string of the molecule is CCCCCNC(=O)c1cnc(Nc2ccc(N3CCN(C)CC3)cc2)cn1. The zero-order valence-electron chi connectivity index (χ0n) is 16.8. The summed E-state index contributed by atoms with van der Waals surface area (Å²) in [6.07, 6.45) is 6.33. The number of piperazine rings is 1. The molecule has 0 radical (unpaired) electrons. The molecule has 1 saturated heterocycles. The van der Waals surface area contributed by atoms with Crippen LogP contribution in [0.1, 0.15) is 36.7 Å². The van der Waals surface area contributed by atoms with E-state index in [1.165, 1.54) is 11.9 Å². The Labute approximate surface area is 167 Å². The van der Waals surface area contributed by atoms with Gasteiger partial charge in [-0.15, -0.1) is 0 Å². The van der Waals surface area contributed by atoms with Gasteiger partial charge in [-0.25, -0.2) is 9.97 Å². The minimum atomic E-state index is -0.174. The molecule has 1 aliphatic rings. The number of anilines is 3. The number of likely N-dealkylation sites (N-methyl/N-ethyl adjacent to an activating group) is 1. The van der Waals surface area contributed by atoms with Gasteiger partial charge in [0.05, 0.1) is 12.4 Å². The Bertz CT molecular complexity index is 738. The number of benzene rings is 1. The quantitative estimate of drug-likeness (QED) is 0.684. The average molecular weight is 383 g/mol. The van der Waals surface area contributed by atoms with E-state index in [1.54, 1.807) is 6.20 Å². The van der Waals surface area contributed by atoms with Gasteiger partial charge in [0.2, 0.25) is 0 Å². The number of unbranched alkanes of at least 4 members (excludes halogenated alkanes) is 2. The van der Waals surface area contributed by atoms with Crippen LogP contribution in [-0.2, 0) is 0 Å². The highest BCUT2D eigenvalue weighted by Crippen LogP contribution is 2.21. The molecule has 2 heterocycles. The number of nitrogens with zero attached hydrogens (tertiary/aromatic N) is 4. The Morgan fingerprint density at radius 2 is 1.79 bits per heavy atom. The standard InChI is InChI=1S/C21H30N6O/c1-3-4-5-10-22-21(28)19-15-24-20(16-23-19)25-17-6-8-18(9-7-17)27-13-11-26(2)12-14-27/h6-9,15-16H,3-5,10-14H2,1-2H3,(H,22,28)(H,24,25). The van der Waals surface area contributed by atoms with E-state index in [0.717, 1.165) is 51.1 Å². The van der Waals surface area contributed by atoms with Gasteiger partial charge in [-0.3, -0.25) is 4.79 Å². The summed E-state index contributed by atoms with van der Waals surface area (Å²) in [6, 6.07) is 8.34. The topological polar surface area (TPSA) is 73.4 Å². The molecule has 28 heavy (non-hydrogen) atoms. The summed E-state index contributed by atoms with van der Waals surface area (Å²) >= 11 is 0. The first-order valence-electron chi connectivity index (χ1n) is 10.1. The van der Waals surface area contributed by atoms with E-state index in [2.05, 4.69) is 56.5 Å². The van der Waals surface area contributed by atoms with Crippen LogP contribution in [0.5, 0.6) is 0 Å². The number of hydrogen-bond donors (Lipinski definition) is 2. The third-order valence-corrected chi connectivity index (χ3v) is 4.96. The molecule has 0 spiro atoms. The lowest BCUT2D eigenvalue weighted by Crippen LogP contribution is -2.44. The summed E-state index contributed by atoms with van der Waals surface area (Å²) in [5, 5.41) is 6.11. The van der Waals surface area contributed by atoms with Gasteiger partial charge in [-0.1, -0.05) is 19.8 Å². The predicted molar refractivity (Wildman–Crippen MR) is 113 cm³/mol. The largest absolute Gasteiger partial charge is 0.369 e. The van der Waals surface area contributed by atoms with Crippen LogP contribution in [0.3, 0.4) is 0 Å². The first-order valence-corrected chi connectivity index (χ1v) is 10.1. The van der Waals surface area contributed by atoms with Crippen LogP contribution in [0.15, 0.2) is 36.7 Å². The van der Waals surface area contributed by atoms with Crippen LogP contribution >= 0.6 is 0 Å². The highest BCUT2D eigenvalue weighted by molar-refractivity contribution is 5.92. The summed E-state index contributed by atoms with van der Waals surface area (Å²) < 4.78 is 0. The molecule has 0 unspecified atom stereocenters. The lowest BCUT2D eigenvalue weighted by atomic mass is 10.2. The molecule has 2 aromatic rings. The second-order valence-corrected chi connectivity index (χ2v) is 7.21. The summed E-state index contributed by atoms with van der Waals surface area (Å²) in [6.45, 7) is 7.10. The number of carbonyl (C=O) groups excluding carboxylic acids is 1. The van der Waals surface area contributed by atoms with Crippen LogP contribution in [-0.4, -0.2) is 60.5 Å². The molecule has 2 N–H and O–H groups in total. The first kappa shape index (κ1) is 20.1. The maximum atomic E-state index is 12.0. The summed E-state index contributed by atoms with van der Waals surface area (Å²) in [7, 11) is 2.16. The Balaban J connectivity index is 1.51. The van der Waals surface area contributed by atoms with Crippen molar-refractivity contribution in [3.05, 3.63) is 42.4 Å². The van der Waals surface area contributed by atoms with Gasteiger partial charge in [-0.2, -0.15) is 0 Å². The highest BCUT2D eigenvalue weighted by atomic mass is 16.1. The van der Waals surface area contributed by atoms with Crippen molar-refractivity contribution in [3.63, 3.8) is 0 Å². The monoisotopic (exact) mass is 382 g/mol. The molecule has 1 aromatic carbocycles. The second kappa shape index (κ2) is 10.0. The highest BCUT2D eigenvalue weighted by Gasteiger charge is 2.14. The zero-order valence-corrected chi connectivity index (χ0v) is 16.8. The Kier molecular flexibility index (Phi) is 7.19. The molecule has 0 saturated carbocycles. The molecule has 1 fully saturated rings. The Morgan fingerprint density at radius 3 is 2.43 bits per heavy atom. The van der Waals surface area contributed by atoms with Crippen LogP contribution in [0.4, 0.5) is 17.2 Å². The van der Waals surface area contributed by atoms with E-state index >= 15 is 0 Å². The van der Waals surface area contributed by atoms with Crippen LogP contribution in [0.2, 0.25) is 0 Å². The number of amides is 1. The van der Waals surface area contributed by atoms with E-state index in [9.17, 15) is 4.79 Å². The zero-order chi connectivity index (χ0) is 19.8. The van der Waals surface area contributed by atoms with Crippen molar-refractivity contribution in [1.29, 1.82) is 0 Å². The van der Waals surface area contributed by atoms with Crippen molar-refractivity contribution >= 4 is 23.1 Å². The maximum absolute atomic E-state index is 12.0. The normalized spacial score (nSPS) is 14.7. The van der Waals surface area contributed by atoms with Crippen LogP contribution < -0.4 is 15.5 Å². The van der Waals surface area contributed by atoms with E-state index in [4.69, 9.17) is 0 Å². The molecule has 150 valence electrons. The molecular weight excluding hydrogens is 352 g/mol. The van der Waals surface area contributed by atoms with E-state index in [0.29, 0.717) is 18.1 Å². The van der Waals surface area contributed by atoms with Gasteiger partial charge < -0.3 is 20.4 Å². The molecule has 1 amide bonds. The van der Waals surface area contributed by atoms with Gasteiger partial charge in [0.25, 0.3) is 5.91 Å². The molecule has 0 atom stereocenters. The number of aromatic nitrogens is 2. The number of rotatable bonds is 8. The van der Waals surface area contributed by atoms with E-state index in [1.807, 2.05) is 12.1 Å². The predicted octanol–water partition coefficient (Wildman–Crippen LogP) is 2.89. The van der Waals surface area contributed by atoms with Crippen molar-refractivity contribution in [2.75, 3.05) is 50.0 Å². The lowest BCUT2D eigenvalue weighted by molar-refractivity contribution is 0.0947. The summed E-state index contributed by atoms with van der Waals surface area (Å²) in [5.41, 5.74) is 2.52. The molecule has 1 aromatic heterocycles. The first-order chi connectivity index (χ1) is 13.7. The second-order valence-electron chi connectivity index (χ2n) is 7.21. The van der Waals surface area contributed by atoms with E-state index in [-0.39, 0.29) is 5.91 Å². The van der Waals surface area contributed by atoms with Crippen molar-refractivity contribution in [2.45, 2.75) is 26.2 Å². The van der Waals surface area contributed by atoms with Gasteiger partial charge in [0.1, 0.15) is 11.5 Å². The maximum Gasteiger partial charge on any atom is 0.271 e. The molecule has 0 bridgehead atoms. The fourth-order valence-corrected chi connectivity index (χ4v) is 3.15. The number of carbonyl (C=O) groups is 1. The van der Waals surface area contributed by atoms with Crippen molar-refractivity contribution in [3.8, 4) is 0 Å². The number of hydrogen-bond acceptors (Lipinski definition) is 6.